The first kappa shape index (κ1) is 14.5. The Balaban J connectivity index is 2.17. The molecule has 108 valence electrons. The molecule has 1 aromatic rings. The summed E-state index contributed by atoms with van der Waals surface area (Å²) >= 11 is 0. The van der Waals surface area contributed by atoms with Crippen molar-refractivity contribution in [2.45, 2.75) is 13.3 Å². The molecule has 0 aliphatic carbocycles. The number of carbonyl (C=O) groups excluding carboxylic acids is 1. The predicted octanol–water partition coefficient (Wildman–Crippen LogP) is 2.14. The van der Waals surface area contributed by atoms with E-state index in [1.54, 1.807) is 18.9 Å². The first-order valence-electron chi connectivity index (χ1n) is 6.54. The second-order valence-corrected chi connectivity index (χ2v) is 5.00. The van der Waals surface area contributed by atoms with E-state index in [2.05, 4.69) is 0 Å². The van der Waals surface area contributed by atoms with Crippen molar-refractivity contribution in [2.75, 3.05) is 32.5 Å². The van der Waals surface area contributed by atoms with Crippen LogP contribution in [-0.2, 0) is 4.74 Å². The number of ether oxygens (including phenoxy) is 1. The van der Waals surface area contributed by atoms with Gasteiger partial charge < -0.3 is 15.4 Å². The van der Waals surface area contributed by atoms with Crippen LogP contribution in [0.4, 0.5) is 10.1 Å². The molecule has 0 radical (unpaired) electrons. The number of amides is 1. The topological polar surface area (TPSA) is 55.6 Å². The number of halogens is 1. The van der Waals surface area contributed by atoms with E-state index < -0.39 is 5.82 Å². The lowest BCUT2D eigenvalue weighted by molar-refractivity contribution is 0.0760. The highest BCUT2D eigenvalue weighted by Gasteiger charge is 2.22. The van der Waals surface area contributed by atoms with Crippen molar-refractivity contribution >= 4 is 11.6 Å². The molecule has 1 amide bonds. The molecule has 0 fully saturated rings. The highest BCUT2D eigenvalue weighted by atomic mass is 19.1. The molecule has 1 heterocycles. The normalized spacial score (nSPS) is 15.2. The van der Waals surface area contributed by atoms with Gasteiger partial charge in [-0.25, -0.2) is 4.39 Å². The molecule has 20 heavy (non-hydrogen) atoms. The van der Waals surface area contributed by atoms with Gasteiger partial charge in [0, 0.05) is 25.9 Å². The molecule has 2 rings (SSSR count). The molecular formula is C15H19FN2O2. The summed E-state index contributed by atoms with van der Waals surface area (Å²) < 4.78 is 19.1. The lowest BCUT2D eigenvalue weighted by Crippen LogP contribution is -2.36. The quantitative estimate of drug-likeness (QED) is 0.680. The zero-order chi connectivity index (χ0) is 14.7. The molecule has 1 aromatic carbocycles. The Morgan fingerprint density at radius 2 is 2.25 bits per heavy atom. The van der Waals surface area contributed by atoms with Gasteiger partial charge in [-0.3, -0.25) is 4.79 Å². The average Bonchev–Trinajstić information content (AvgIpc) is 2.43. The Kier molecular flexibility index (Phi) is 4.39. The number of methoxy groups -OCH3 is 1. The van der Waals surface area contributed by atoms with Gasteiger partial charge in [0.25, 0.3) is 5.91 Å². The minimum Gasteiger partial charge on any atom is -0.399 e. The molecule has 4 nitrogen and oxygen atoms in total. The summed E-state index contributed by atoms with van der Waals surface area (Å²) in [5, 5.41) is 0. The summed E-state index contributed by atoms with van der Waals surface area (Å²) in [5.74, 6) is -0.804. The summed E-state index contributed by atoms with van der Waals surface area (Å²) in [6, 6.07) is 2.93. The number of rotatable bonds is 3. The van der Waals surface area contributed by atoms with Gasteiger partial charge in [0.1, 0.15) is 5.82 Å². The van der Waals surface area contributed by atoms with Crippen LogP contribution in [0.1, 0.15) is 22.3 Å². The van der Waals surface area contributed by atoms with Crippen molar-refractivity contribution in [3.63, 3.8) is 0 Å². The molecule has 1 aliphatic rings. The number of nitrogen functional groups attached to an aromatic ring is 1. The van der Waals surface area contributed by atoms with Crippen molar-refractivity contribution in [3.8, 4) is 0 Å². The van der Waals surface area contributed by atoms with E-state index in [0.717, 1.165) is 6.42 Å². The van der Waals surface area contributed by atoms with Gasteiger partial charge >= 0.3 is 0 Å². The van der Waals surface area contributed by atoms with Crippen molar-refractivity contribution < 1.29 is 13.9 Å². The fraction of sp³-hybridized carbons (Fsp3) is 0.400. The van der Waals surface area contributed by atoms with E-state index >= 15 is 0 Å². The summed E-state index contributed by atoms with van der Waals surface area (Å²) in [4.78, 5) is 14.0. The third-order valence-corrected chi connectivity index (χ3v) is 3.43. The maximum absolute atomic E-state index is 14.0. The molecule has 0 bridgehead atoms. The standard InChI is InChI=1S/C15H19FN2O2/c1-10-7-12(17)8-13(14(10)16)15(19)18-5-3-11(4-6-18)9-20-2/h3,7-8H,4-6,9,17H2,1-2H3. The van der Waals surface area contributed by atoms with Crippen molar-refractivity contribution in [3.05, 3.63) is 40.7 Å². The zero-order valence-corrected chi connectivity index (χ0v) is 11.8. The van der Waals surface area contributed by atoms with Gasteiger partial charge in [-0.15, -0.1) is 0 Å². The van der Waals surface area contributed by atoms with E-state index in [0.29, 0.717) is 30.9 Å². The Hall–Kier alpha value is -1.88. The van der Waals surface area contributed by atoms with Crippen LogP contribution in [0.3, 0.4) is 0 Å². The largest absolute Gasteiger partial charge is 0.399 e. The highest BCUT2D eigenvalue weighted by Crippen LogP contribution is 2.20. The molecule has 0 saturated heterocycles. The number of nitrogens with zero attached hydrogens (tertiary/aromatic N) is 1. The Bertz CT molecular complexity index is 555. The molecule has 1 aliphatic heterocycles. The van der Waals surface area contributed by atoms with Crippen LogP contribution in [-0.4, -0.2) is 37.6 Å². The van der Waals surface area contributed by atoms with Crippen LogP contribution in [0.5, 0.6) is 0 Å². The molecule has 0 saturated carbocycles. The summed E-state index contributed by atoms with van der Waals surface area (Å²) in [6.45, 7) is 3.23. The minimum absolute atomic E-state index is 0.0473. The van der Waals surface area contributed by atoms with Gasteiger partial charge in [0.15, 0.2) is 0 Å². The summed E-state index contributed by atoms with van der Waals surface area (Å²) in [6.07, 6.45) is 2.71. The maximum atomic E-state index is 14.0. The van der Waals surface area contributed by atoms with Crippen LogP contribution in [0.15, 0.2) is 23.8 Å². The number of hydrogen-bond acceptors (Lipinski definition) is 3. The van der Waals surface area contributed by atoms with E-state index in [1.807, 2.05) is 6.08 Å². The Morgan fingerprint density at radius 3 is 2.85 bits per heavy atom. The lowest BCUT2D eigenvalue weighted by atomic mass is 10.1. The van der Waals surface area contributed by atoms with Gasteiger partial charge in [-0.05, 0) is 36.6 Å². The van der Waals surface area contributed by atoms with Gasteiger partial charge in [0.05, 0.1) is 12.2 Å². The van der Waals surface area contributed by atoms with E-state index in [1.165, 1.54) is 17.7 Å². The maximum Gasteiger partial charge on any atom is 0.257 e. The number of carbonyl (C=O) groups is 1. The van der Waals surface area contributed by atoms with Crippen molar-refractivity contribution in [2.24, 2.45) is 0 Å². The molecular weight excluding hydrogens is 259 g/mol. The Labute approximate surface area is 118 Å². The average molecular weight is 278 g/mol. The summed E-state index contributed by atoms with van der Waals surface area (Å²) in [7, 11) is 1.64. The van der Waals surface area contributed by atoms with Crippen LogP contribution in [0.2, 0.25) is 0 Å². The minimum atomic E-state index is -0.490. The second kappa shape index (κ2) is 6.05. The second-order valence-electron chi connectivity index (χ2n) is 5.00. The molecule has 5 heteroatoms. The van der Waals surface area contributed by atoms with Crippen molar-refractivity contribution in [1.29, 1.82) is 0 Å². The fourth-order valence-electron chi connectivity index (χ4n) is 2.34. The van der Waals surface area contributed by atoms with Gasteiger partial charge in [-0.2, -0.15) is 0 Å². The smallest absolute Gasteiger partial charge is 0.257 e. The first-order chi connectivity index (χ1) is 9.52. The van der Waals surface area contributed by atoms with Crippen LogP contribution in [0.25, 0.3) is 0 Å². The third-order valence-electron chi connectivity index (χ3n) is 3.43. The van der Waals surface area contributed by atoms with Crippen LogP contribution in [0, 0.1) is 12.7 Å². The third kappa shape index (κ3) is 2.99. The fourth-order valence-corrected chi connectivity index (χ4v) is 2.34. The van der Waals surface area contributed by atoms with E-state index in [9.17, 15) is 9.18 Å². The molecule has 0 atom stereocenters. The molecule has 0 aromatic heterocycles. The Morgan fingerprint density at radius 1 is 1.50 bits per heavy atom. The molecule has 0 spiro atoms. The van der Waals surface area contributed by atoms with Gasteiger partial charge in [0.2, 0.25) is 0 Å². The number of benzene rings is 1. The van der Waals surface area contributed by atoms with Crippen LogP contribution < -0.4 is 5.73 Å². The zero-order valence-electron chi connectivity index (χ0n) is 11.8. The number of hydrogen-bond donors (Lipinski definition) is 1. The monoisotopic (exact) mass is 278 g/mol. The highest BCUT2D eigenvalue weighted by molar-refractivity contribution is 5.95. The summed E-state index contributed by atoms with van der Waals surface area (Å²) in [5.41, 5.74) is 7.70. The van der Waals surface area contributed by atoms with E-state index in [4.69, 9.17) is 10.5 Å². The first-order valence-corrected chi connectivity index (χ1v) is 6.54. The molecule has 0 unspecified atom stereocenters. The lowest BCUT2D eigenvalue weighted by Gasteiger charge is -2.26. The number of anilines is 1. The predicted molar refractivity (Wildman–Crippen MR) is 76.0 cm³/mol. The SMILES string of the molecule is COCC1=CCN(C(=O)c2cc(N)cc(C)c2F)CC1. The van der Waals surface area contributed by atoms with Crippen LogP contribution >= 0.6 is 0 Å². The van der Waals surface area contributed by atoms with Crippen molar-refractivity contribution in [1.82, 2.24) is 4.90 Å². The van der Waals surface area contributed by atoms with Gasteiger partial charge in [-0.1, -0.05) is 6.08 Å². The number of aryl methyl sites for hydroxylation is 1. The molecule has 2 N–H and O–H groups in total. The van der Waals surface area contributed by atoms with E-state index in [-0.39, 0.29) is 11.5 Å². The number of nitrogens with two attached hydrogens (primary N) is 1.